The highest BCUT2D eigenvalue weighted by atomic mass is 16.6. The third-order valence-electron chi connectivity index (χ3n) is 12.1. The summed E-state index contributed by atoms with van der Waals surface area (Å²) in [4.78, 5) is 26.6. The molecule has 3 fully saturated rings. The van der Waals surface area contributed by atoms with Crippen LogP contribution in [0.3, 0.4) is 0 Å². The maximum Gasteiger partial charge on any atom is 0.338 e. The molecule has 4 aliphatic carbocycles. The van der Waals surface area contributed by atoms with Crippen LogP contribution < -0.4 is 0 Å². The molecule has 2 aromatic rings. The molecule has 4 aliphatic rings. The number of hydrogen-bond donors (Lipinski definition) is 4. The Morgan fingerprint density at radius 1 is 0.956 bits per heavy atom. The van der Waals surface area contributed by atoms with E-state index in [-0.39, 0.29) is 25.7 Å². The van der Waals surface area contributed by atoms with Crippen molar-refractivity contribution in [3.8, 4) is 0 Å². The van der Waals surface area contributed by atoms with Crippen LogP contribution in [0.1, 0.15) is 81.6 Å². The van der Waals surface area contributed by atoms with Crippen LogP contribution in [0.5, 0.6) is 0 Å². The molecule has 6 rings (SSSR count). The number of ether oxygens (including phenoxy) is 2. The highest BCUT2D eigenvalue weighted by molar-refractivity contribution is 5.89. The molecule has 2 aromatic carbocycles. The molecule has 0 bridgehead atoms. The monoisotopic (exact) mass is 616 g/mol. The number of carbonyl (C=O) groups is 2. The zero-order valence-electron chi connectivity index (χ0n) is 26.2. The van der Waals surface area contributed by atoms with Crippen molar-refractivity contribution in [3.63, 3.8) is 0 Å². The van der Waals surface area contributed by atoms with E-state index in [2.05, 4.69) is 6.92 Å². The Morgan fingerprint density at radius 3 is 2.31 bits per heavy atom. The van der Waals surface area contributed by atoms with Gasteiger partial charge in [0.25, 0.3) is 0 Å². The lowest BCUT2D eigenvalue weighted by molar-refractivity contribution is -0.324. The Labute approximate surface area is 264 Å². The molecular weight excluding hydrogens is 572 g/mol. The fraction of sp³-hybridized carbons (Fsp3) is 0.514. The first-order valence-corrected chi connectivity index (χ1v) is 16.0. The van der Waals surface area contributed by atoms with Crippen molar-refractivity contribution < 1.29 is 39.5 Å². The van der Waals surface area contributed by atoms with Crippen LogP contribution in [0.2, 0.25) is 0 Å². The second kappa shape index (κ2) is 11.2. The molecule has 8 nitrogen and oxygen atoms in total. The SMILES string of the molecule is CC(OC(=O)C=Cc1ccccc1)C1(O)CCC2(O)C3(O)CC=C4CC(O)CCC4(C)C3CC(OC(=O)c3ccccc3)C12C. The minimum Gasteiger partial charge on any atom is -0.458 e. The second-order valence-electron chi connectivity index (χ2n) is 14.0. The van der Waals surface area contributed by atoms with Gasteiger partial charge in [-0.3, -0.25) is 0 Å². The number of aliphatic hydroxyl groups is 4. The molecule has 240 valence electrons. The Kier molecular flexibility index (Phi) is 7.88. The van der Waals surface area contributed by atoms with Crippen molar-refractivity contribution in [1.82, 2.24) is 0 Å². The number of benzene rings is 2. The van der Waals surface area contributed by atoms with Gasteiger partial charge in [0, 0.05) is 12.0 Å². The van der Waals surface area contributed by atoms with Gasteiger partial charge in [-0.1, -0.05) is 74.0 Å². The van der Waals surface area contributed by atoms with E-state index in [4.69, 9.17) is 9.47 Å². The van der Waals surface area contributed by atoms with Gasteiger partial charge in [0.15, 0.2) is 0 Å². The molecule has 8 heteroatoms. The van der Waals surface area contributed by atoms with Crippen molar-refractivity contribution in [2.45, 2.75) is 101 Å². The molecular formula is C37H44O8. The van der Waals surface area contributed by atoms with Crippen LogP contribution in [0.15, 0.2) is 78.4 Å². The van der Waals surface area contributed by atoms with Crippen molar-refractivity contribution >= 4 is 18.0 Å². The third-order valence-corrected chi connectivity index (χ3v) is 12.1. The fourth-order valence-electron chi connectivity index (χ4n) is 9.30. The molecule has 0 aromatic heterocycles. The lowest BCUT2D eigenvalue weighted by atomic mass is 9.42. The summed E-state index contributed by atoms with van der Waals surface area (Å²) in [6, 6.07) is 17.8. The molecule has 45 heavy (non-hydrogen) atoms. The molecule has 0 radical (unpaired) electrons. The van der Waals surface area contributed by atoms with E-state index in [1.54, 1.807) is 50.3 Å². The lowest BCUT2D eigenvalue weighted by Crippen LogP contribution is -2.78. The first-order valence-electron chi connectivity index (χ1n) is 16.0. The molecule has 0 spiro atoms. The molecule has 0 heterocycles. The van der Waals surface area contributed by atoms with Crippen LogP contribution in [-0.4, -0.2) is 67.5 Å². The summed E-state index contributed by atoms with van der Waals surface area (Å²) in [7, 11) is 0. The fourth-order valence-corrected chi connectivity index (χ4v) is 9.30. The molecule has 0 aliphatic heterocycles. The van der Waals surface area contributed by atoms with Gasteiger partial charge in [0.1, 0.15) is 29.0 Å². The number of hydrogen-bond acceptors (Lipinski definition) is 8. The van der Waals surface area contributed by atoms with Crippen LogP contribution in [0, 0.1) is 16.7 Å². The highest BCUT2D eigenvalue weighted by Crippen LogP contribution is 2.71. The number of rotatable bonds is 6. The van der Waals surface area contributed by atoms with Gasteiger partial charge in [-0.25, -0.2) is 9.59 Å². The Hall–Kier alpha value is -3.30. The van der Waals surface area contributed by atoms with E-state index in [0.717, 1.165) is 11.1 Å². The van der Waals surface area contributed by atoms with Gasteiger partial charge in [0.2, 0.25) is 0 Å². The van der Waals surface area contributed by atoms with E-state index >= 15 is 0 Å². The topological polar surface area (TPSA) is 134 Å². The summed E-state index contributed by atoms with van der Waals surface area (Å²) in [6.07, 6.45) is 4.22. The van der Waals surface area contributed by atoms with Crippen LogP contribution in [-0.2, 0) is 14.3 Å². The normalized spacial score (nSPS) is 39.6. The van der Waals surface area contributed by atoms with Crippen molar-refractivity contribution in [1.29, 1.82) is 0 Å². The Balaban J connectivity index is 1.39. The number of carbonyl (C=O) groups excluding carboxylic acids is 2. The average molecular weight is 617 g/mol. The smallest absolute Gasteiger partial charge is 0.338 e. The van der Waals surface area contributed by atoms with E-state index in [9.17, 15) is 30.0 Å². The maximum absolute atomic E-state index is 13.6. The first kappa shape index (κ1) is 31.7. The summed E-state index contributed by atoms with van der Waals surface area (Å²) in [5.74, 6) is -1.78. The largest absolute Gasteiger partial charge is 0.458 e. The maximum atomic E-state index is 13.6. The van der Waals surface area contributed by atoms with Gasteiger partial charge in [-0.05, 0) is 81.1 Å². The molecule has 9 unspecified atom stereocenters. The van der Waals surface area contributed by atoms with Gasteiger partial charge in [-0.15, -0.1) is 0 Å². The highest BCUT2D eigenvalue weighted by Gasteiger charge is 2.81. The van der Waals surface area contributed by atoms with Gasteiger partial charge in [-0.2, -0.15) is 0 Å². The second-order valence-corrected chi connectivity index (χ2v) is 14.0. The van der Waals surface area contributed by atoms with E-state index < -0.39 is 63.8 Å². The summed E-state index contributed by atoms with van der Waals surface area (Å²) in [5, 5.41) is 48.6. The minimum absolute atomic E-state index is 0.00993. The predicted octanol–water partition coefficient (Wildman–Crippen LogP) is 4.75. The van der Waals surface area contributed by atoms with Crippen molar-refractivity contribution in [2.24, 2.45) is 16.7 Å². The predicted molar refractivity (Wildman–Crippen MR) is 168 cm³/mol. The van der Waals surface area contributed by atoms with Crippen LogP contribution >= 0.6 is 0 Å². The third kappa shape index (κ3) is 4.72. The van der Waals surface area contributed by atoms with Gasteiger partial charge >= 0.3 is 11.9 Å². The number of aliphatic hydroxyl groups excluding tert-OH is 1. The first-order chi connectivity index (χ1) is 21.3. The van der Waals surface area contributed by atoms with E-state index in [0.29, 0.717) is 24.8 Å². The molecule has 0 amide bonds. The quantitative estimate of drug-likeness (QED) is 0.208. The van der Waals surface area contributed by atoms with E-state index in [1.807, 2.05) is 36.4 Å². The molecule has 0 saturated heterocycles. The zero-order valence-corrected chi connectivity index (χ0v) is 26.2. The summed E-state index contributed by atoms with van der Waals surface area (Å²) < 4.78 is 12.1. The number of fused-ring (bicyclic) bond motifs is 5. The number of esters is 2. The Morgan fingerprint density at radius 2 is 1.62 bits per heavy atom. The lowest BCUT2D eigenvalue weighted by Gasteiger charge is -2.67. The standard InChI is InChI=1S/C37H44O8/c1-24(44-31(39)15-14-25-10-6-4-7-11-25)35(41)20-21-37(43)34(35,3)30(45-32(40)26-12-8-5-9-13-26)23-29-33(2)18-17-28(38)22-27(33)16-19-36(29,37)42/h4-16,24,28-30,38,41-43H,17-23H2,1-3H3. The van der Waals surface area contributed by atoms with Gasteiger partial charge < -0.3 is 29.9 Å². The van der Waals surface area contributed by atoms with Crippen molar-refractivity contribution in [3.05, 3.63) is 89.5 Å². The van der Waals surface area contributed by atoms with Crippen LogP contribution in [0.25, 0.3) is 6.08 Å². The summed E-state index contributed by atoms with van der Waals surface area (Å²) in [6.45, 7) is 5.31. The molecule has 3 saturated carbocycles. The molecule has 9 atom stereocenters. The minimum atomic E-state index is -1.90. The zero-order chi connectivity index (χ0) is 32.3. The van der Waals surface area contributed by atoms with Crippen molar-refractivity contribution in [2.75, 3.05) is 0 Å². The summed E-state index contributed by atoms with van der Waals surface area (Å²) in [5.41, 5.74) is -5.42. The van der Waals surface area contributed by atoms with Gasteiger partial charge in [0.05, 0.1) is 17.1 Å². The van der Waals surface area contributed by atoms with E-state index in [1.165, 1.54) is 6.08 Å². The van der Waals surface area contributed by atoms with Crippen LogP contribution in [0.4, 0.5) is 0 Å². The summed E-state index contributed by atoms with van der Waals surface area (Å²) >= 11 is 0. The average Bonchev–Trinajstić information content (AvgIpc) is 3.26. The molecule has 4 N–H and O–H groups in total. The Bertz CT molecular complexity index is 1500.